The summed E-state index contributed by atoms with van der Waals surface area (Å²) in [5.41, 5.74) is 5.44. The minimum atomic E-state index is -0.543. The summed E-state index contributed by atoms with van der Waals surface area (Å²) in [4.78, 5) is 16.7. The number of carbonyl (C=O) groups is 1. The van der Waals surface area contributed by atoms with E-state index >= 15 is 0 Å². The lowest BCUT2D eigenvalue weighted by atomic mass is 10.1. The molecule has 2 heterocycles. The van der Waals surface area contributed by atoms with E-state index < -0.39 is 6.09 Å². The van der Waals surface area contributed by atoms with Crippen LogP contribution >= 0.6 is 0 Å². The fourth-order valence-corrected chi connectivity index (χ4v) is 3.46. The molecule has 0 aliphatic heterocycles. The molecular formula is C23H25N5O3. The monoisotopic (exact) mass is 419 g/mol. The van der Waals surface area contributed by atoms with E-state index in [-0.39, 0.29) is 6.61 Å². The van der Waals surface area contributed by atoms with Gasteiger partial charge in [-0.15, -0.1) is 0 Å². The fraction of sp³-hybridized carbons (Fsp3) is 0.261. The van der Waals surface area contributed by atoms with Crippen molar-refractivity contribution in [2.75, 3.05) is 12.4 Å². The van der Waals surface area contributed by atoms with Crippen molar-refractivity contribution in [2.24, 2.45) is 7.05 Å². The first-order valence-electron chi connectivity index (χ1n) is 10.0. The van der Waals surface area contributed by atoms with Crippen molar-refractivity contribution < 1.29 is 14.3 Å². The number of nitrogens with zero attached hydrogens (tertiary/aromatic N) is 4. The number of anilines is 1. The van der Waals surface area contributed by atoms with Gasteiger partial charge >= 0.3 is 6.09 Å². The first-order valence-corrected chi connectivity index (χ1v) is 10.0. The van der Waals surface area contributed by atoms with Crippen LogP contribution in [-0.2, 0) is 24.9 Å². The molecule has 160 valence electrons. The first-order chi connectivity index (χ1) is 15.0. The van der Waals surface area contributed by atoms with Gasteiger partial charge in [-0.1, -0.05) is 12.1 Å². The molecule has 0 radical (unpaired) electrons. The number of fused-ring (bicyclic) bond motifs is 1. The summed E-state index contributed by atoms with van der Waals surface area (Å²) in [7, 11) is 3.57. The van der Waals surface area contributed by atoms with Crippen molar-refractivity contribution in [2.45, 2.75) is 27.0 Å². The topological polar surface area (TPSA) is 83.2 Å². The van der Waals surface area contributed by atoms with Gasteiger partial charge in [-0.2, -0.15) is 5.10 Å². The zero-order valence-electron chi connectivity index (χ0n) is 18.0. The summed E-state index contributed by atoms with van der Waals surface area (Å²) < 4.78 is 14.6. The molecule has 0 aliphatic carbocycles. The second-order valence-electron chi connectivity index (χ2n) is 7.31. The highest BCUT2D eigenvalue weighted by atomic mass is 16.5. The summed E-state index contributed by atoms with van der Waals surface area (Å²) in [6, 6.07) is 13.6. The van der Waals surface area contributed by atoms with Gasteiger partial charge < -0.3 is 14.0 Å². The number of amides is 1. The number of hydrogen-bond donors (Lipinski definition) is 1. The molecular weight excluding hydrogens is 394 g/mol. The molecule has 1 amide bonds. The van der Waals surface area contributed by atoms with Crippen molar-refractivity contribution in [3.8, 4) is 17.0 Å². The van der Waals surface area contributed by atoms with Crippen LogP contribution in [-0.4, -0.2) is 32.5 Å². The summed E-state index contributed by atoms with van der Waals surface area (Å²) in [5.74, 6) is 1.30. The van der Waals surface area contributed by atoms with Gasteiger partial charge in [0.25, 0.3) is 0 Å². The predicted molar refractivity (Wildman–Crippen MR) is 119 cm³/mol. The number of aryl methyl sites for hydroxylation is 3. The van der Waals surface area contributed by atoms with Crippen LogP contribution in [0.2, 0.25) is 0 Å². The fourth-order valence-electron chi connectivity index (χ4n) is 3.46. The number of aromatic nitrogens is 4. The number of nitrogens with one attached hydrogen (secondary N) is 1. The Kier molecular flexibility index (Phi) is 5.62. The van der Waals surface area contributed by atoms with Crippen LogP contribution in [0, 0.1) is 6.92 Å². The molecule has 0 aliphatic rings. The highest BCUT2D eigenvalue weighted by Gasteiger charge is 2.15. The molecule has 0 atom stereocenters. The summed E-state index contributed by atoms with van der Waals surface area (Å²) in [6.07, 6.45) is 1.22. The molecule has 0 fully saturated rings. The first kappa shape index (κ1) is 20.5. The van der Waals surface area contributed by atoms with Crippen LogP contribution in [0.3, 0.4) is 0 Å². The van der Waals surface area contributed by atoms with Gasteiger partial charge in [0.05, 0.1) is 30.2 Å². The zero-order valence-corrected chi connectivity index (χ0v) is 18.0. The van der Waals surface area contributed by atoms with Gasteiger partial charge in [0, 0.05) is 25.2 Å². The number of carbonyl (C=O) groups excluding carboxylic acids is 1. The minimum absolute atomic E-state index is 0.150. The van der Waals surface area contributed by atoms with Gasteiger partial charge in [-0.25, -0.2) is 14.5 Å². The maximum Gasteiger partial charge on any atom is 0.413 e. The van der Waals surface area contributed by atoms with E-state index in [0.29, 0.717) is 12.4 Å². The van der Waals surface area contributed by atoms with Gasteiger partial charge in [-0.05, 0) is 49.2 Å². The maximum absolute atomic E-state index is 12.4. The van der Waals surface area contributed by atoms with E-state index in [2.05, 4.69) is 15.4 Å². The van der Waals surface area contributed by atoms with Crippen LogP contribution in [0.4, 0.5) is 10.6 Å². The molecule has 0 saturated heterocycles. The largest absolute Gasteiger partial charge is 0.496 e. The van der Waals surface area contributed by atoms with Crippen molar-refractivity contribution in [3.63, 3.8) is 0 Å². The summed E-state index contributed by atoms with van der Waals surface area (Å²) in [5, 5.41) is 7.39. The van der Waals surface area contributed by atoms with E-state index in [1.807, 2.05) is 67.9 Å². The number of methoxy groups -OCH3 is 1. The second kappa shape index (κ2) is 8.51. The van der Waals surface area contributed by atoms with E-state index in [1.54, 1.807) is 18.1 Å². The molecule has 2 aromatic carbocycles. The SMILES string of the molecule is CCn1nc(-c2ccc(C)cc2OC)cc1NC(=O)OCc1ccc2c(c1)ncn2C. The van der Waals surface area contributed by atoms with Gasteiger partial charge in [0.15, 0.2) is 0 Å². The Morgan fingerprint density at radius 3 is 2.77 bits per heavy atom. The Labute approximate surface area is 180 Å². The Balaban J connectivity index is 1.47. The number of imidazole rings is 1. The molecule has 31 heavy (non-hydrogen) atoms. The van der Waals surface area contributed by atoms with Crippen LogP contribution in [0.1, 0.15) is 18.1 Å². The number of rotatable bonds is 6. The van der Waals surface area contributed by atoms with Gasteiger partial charge in [0.1, 0.15) is 18.2 Å². The standard InChI is InChI=1S/C23H25N5O3/c1-5-28-22(12-18(26-28)17-8-6-15(2)10-21(17)30-4)25-23(29)31-13-16-7-9-20-19(11-16)24-14-27(20)3/h6-12,14H,5,13H2,1-4H3,(H,25,29). The number of ether oxygens (including phenoxy) is 2. The highest BCUT2D eigenvalue weighted by Crippen LogP contribution is 2.31. The lowest BCUT2D eigenvalue weighted by molar-refractivity contribution is 0.155. The van der Waals surface area contributed by atoms with Gasteiger partial charge in [0.2, 0.25) is 0 Å². The molecule has 0 bridgehead atoms. The lowest BCUT2D eigenvalue weighted by Gasteiger charge is -2.08. The van der Waals surface area contributed by atoms with Crippen molar-refractivity contribution in [1.82, 2.24) is 19.3 Å². The second-order valence-corrected chi connectivity index (χ2v) is 7.31. The quantitative estimate of drug-likeness (QED) is 0.497. The summed E-state index contributed by atoms with van der Waals surface area (Å²) >= 11 is 0. The maximum atomic E-state index is 12.4. The predicted octanol–water partition coefficient (Wildman–Crippen LogP) is 4.52. The average Bonchev–Trinajstić information content (AvgIpc) is 3.35. The Morgan fingerprint density at radius 2 is 2.00 bits per heavy atom. The molecule has 2 aromatic heterocycles. The molecule has 0 spiro atoms. The molecule has 1 N–H and O–H groups in total. The van der Waals surface area contributed by atoms with Crippen molar-refractivity contribution in [3.05, 3.63) is 59.9 Å². The molecule has 8 heteroatoms. The zero-order chi connectivity index (χ0) is 22.0. The van der Waals surface area contributed by atoms with E-state index in [1.165, 1.54) is 0 Å². The average molecular weight is 419 g/mol. The van der Waals surface area contributed by atoms with Crippen LogP contribution < -0.4 is 10.1 Å². The highest BCUT2D eigenvalue weighted by molar-refractivity contribution is 5.85. The van der Waals surface area contributed by atoms with Crippen LogP contribution in [0.25, 0.3) is 22.3 Å². The smallest absolute Gasteiger partial charge is 0.413 e. The Morgan fingerprint density at radius 1 is 1.16 bits per heavy atom. The molecule has 8 nitrogen and oxygen atoms in total. The van der Waals surface area contributed by atoms with E-state index in [0.717, 1.165) is 39.2 Å². The number of hydrogen-bond acceptors (Lipinski definition) is 5. The van der Waals surface area contributed by atoms with Crippen molar-refractivity contribution in [1.29, 1.82) is 0 Å². The van der Waals surface area contributed by atoms with Crippen LogP contribution in [0.15, 0.2) is 48.8 Å². The molecule has 4 rings (SSSR count). The normalized spacial score (nSPS) is 11.0. The minimum Gasteiger partial charge on any atom is -0.496 e. The third-order valence-corrected chi connectivity index (χ3v) is 5.10. The lowest BCUT2D eigenvalue weighted by Crippen LogP contribution is -2.16. The Hall–Kier alpha value is -3.81. The van der Waals surface area contributed by atoms with E-state index in [9.17, 15) is 4.79 Å². The third-order valence-electron chi connectivity index (χ3n) is 5.10. The number of benzene rings is 2. The van der Waals surface area contributed by atoms with Crippen molar-refractivity contribution >= 4 is 22.9 Å². The molecule has 0 saturated carbocycles. The van der Waals surface area contributed by atoms with Crippen LogP contribution in [0.5, 0.6) is 5.75 Å². The molecule has 0 unspecified atom stereocenters. The Bertz CT molecular complexity index is 1240. The summed E-state index contributed by atoms with van der Waals surface area (Å²) in [6.45, 7) is 4.71. The van der Waals surface area contributed by atoms with Gasteiger partial charge in [-0.3, -0.25) is 5.32 Å². The molecule has 4 aromatic rings. The van der Waals surface area contributed by atoms with E-state index in [4.69, 9.17) is 9.47 Å². The third kappa shape index (κ3) is 4.23.